The van der Waals surface area contributed by atoms with Gasteiger partial charge in [-0.25, -0.2) is 0 Å². The predicted molar refractivity (Wildman–Crippen MR) is 142 cm³/mol. The van der Waals surface area contributed by atoms with Gasteiger partial charge in [-0.1, -0.05) is 107 Å². The van der Waals surface area contributed by atoms with Gasteiger partial charge in [-0.15, -0.1) is 13.2 Å². The Morgan fingerprint density at radius 1 is 0.750 bits per heavy atom. The molecule has 1 nitrogen and oxygen atoms in total. The third-order valence-corrected chi connectivity index (χ3v) is 9.39. The van der Waals surface area contributed by atoms with Crippen LogP contribution in [0.1, 0.15) is 133 Å². The first-order valence-electron chi connectivity index (χ1n) is 15.0. The van der Waals surface area contributed by atoms with E-state index in [0.29, 0.717) is 5.92 Å². The number of halogens is 3. The molecule has 1 unspecified atom stereocenters. The molecule has 0 radical (unpaired) electrons. The molecule has 202 valence electrons. The molecule has 0 heterocycles. The van der Waals surface area contributed by atoms with Gasteiger partial charge >= 0.3 is 6.36 Å². The quantitative estimate of drug-likeness (QED) is 0.215. The first-order valence-corrected chi connectivity index (χ1v) is 15.0. The lowest BCUT2D eigenvalue weighted by atomic mass is 9.68. The van der Waals surface area contributed by atoms with Gasteiger partial charge in [0, 0.05) is 0 Å². The van der Waals surface area contributed by atoms with Crippen molar-refractivity contribution < 1.29 is 17.9 Å². The zero-order chi connectivity index (χ0) is 25.2. The fourth-order valence-electron chi connectivity index (χ4n) is 7.43. The standard InChI is InChI=1S/C32H47F3O/c33-32(34,35)36-30-23-21-27(22-24-30)26-19-17-25(18-20-26)11-5-1-2-10-16-31(28-12-6-3-7-13-28)29-14-8-4-9-15-29/h17,21-24,26,28-29,31H,1-16,18-20H2. The molecular weight excluding hydrogens is 457 g/mol. The first kappa shape index (κ1) is 27.6. The number of rotatable bonds is 11. The van der Waals surface area contributed by atoms with Crippen LogP contribution >= 0.6 is 0 Å². The number of benzene rings is 1. The molecule has 1 aromatic carbocycles. The lowest BCUT2D eigenvalue weighted by Crippen LogP contribution is -2.27. The summed E-state index contributed by atoms with van der Waals surface area (Å²) in [6.45, 7) is 0. The Labute approximate surface area is 217 Å². The molecule has 0 spiro atoms. The number of hydrogen-bond donors (Lipinski definition) is 0. The molecule has 2 fully saturated rings. The molecule has 0 aromatic heterocycles. The van der Waals surface area contributed by atoms with Crippen LogP contribution in [0.5, 0.6) is 5.75 Å². The van der Waals surface area contributed by atoms with Gasteiger partial charge in [-0.2, -0.15) is 0 Å². The van der Waals surface area contributed by atoms with Crippen LogP contribution in [0.3, 0.4) is 0 Å². The number of ether oxygens (including phenoxy) is 1. The van der Waals surface area contributed by atoms with Crippen LogP contribution in [0, 0.1) is 17.8 Å². The molecule has 0 saturated heterocycles. The fraction of sp³-hybridized carbons (Fsp3) is 0.750. The Hall–Kier alpha value is -1.45. The molecule has 36 heavy (non-hydrogen) atoms. The van der Waals surface area contributed by atoms with Gasteiger partial charge in [0.2, 0.25) is 0 Å². The van der Waals surface area contributed by atoms with Gasteiger partial charge in [-0.05, 0) is 79.9 Å². The summed E-state index contributed by atoms with van der Waals surface area (Å²) in [6, 6.07) is 6.46. The van der Waals surface area contributed by atoms with Crippen molar-refractivity contribution in [2.24, 2.45) is 17.8 Å². The number of unbranched alkanes of at least 4 members (excludes halogenated alkanes) is 3. The van der Waals surface area contributed by atoms with Crippen molar-refractivity contribution in [3.63, 3.8) is 0 Å². The van der Waals surface area contributed by atoms with Gasteiger partial charge in [0.15, 0.2) is 0 Å². The Bertz CT molecular complexity index is 767. The molecule has 4 heteroatoms. The number of alkyl halides is 3. The third kappa shape index (κ3) is 8.84. The molecule has 0 N–H and O–H groups in total. The van der Waals surface area contributed by atoms with Crippen LogP contribution in [0.2, 0.25) is 0 Å². The molecule has 0 aliphatic heterocycles. The summed E-state index contributed by atoms with van der Waals surface area (Å²) >= 11 is 0. The van der Waals surface area contributed by atoms with E-state index < -0.39 is 6.36 Å². The monoisotopic (exact) mass is 504 g/mol. The van der Waals surface area contributed by atoms with Crippen molar-refractivity contribution in [2.45, 2.75) is 134 Å². The van der Waals surface area contributed by atoms with E-state index >= 15 is 0 Å². The normalized spacial score (nSPS) is 22.6. The van der Waals surface area contributed by atoms with Crippen molar-refractivity contribution in [3.8, 4) is 5.75 Å². The highest BCUT2D eigenvalue weighted by molar-refractivity contribution is 5.31. The summed E-state index contributed by atoms with van der Waals surface area (Å²) in [6.07, 6.45) is 24.0. The topological polar surface area (TPSA) is 9.23 Å². The van der Waals surface area contributed by atoms with Crippen molar-refractivity contribution in [1.29, 1.82) is 0 Å². The van der Waals surface area contributed by atoms with E-state index in [0.717, 1.165) is 42.6 Å². The summed E-state index contributed by atoms with van der Waals surface area (Å²) in [5.41, 5.74) is 2.70. The molecule has 0 bridgehead atoms. The van der Waals surface area contributed by atoms with Crippen LogP contribution in [-0.4, -0.2) is 6.36 Å². The third-order valence-electron chi connectivity index (χ3n) is 9.39. The summed E-state index contributed by atoms with van der Waals surface area (Å²) < 4.78 is 41.1. The van der Waals surface area contributed by atoms with Crippen LogP contribution in [-0.2, 0) is 0 Å². The van der Waals surface area contributed by atoms with Crippen LogP contribution in [0.15, 0.2) is 35.9 Å². The number of hydrogen-bond acceptors (Lipinski definition) is 1. The molecule has 1 atom stereocenters. The van der Waals surface area contributed by atoms with Gasteiger partial charge < -0.3 is 4.74 Å². The van der Waals surface area contributed by atoms with Gasteiger partial charge in [0.05, 0.1) is 0 Å². The van der Waals surface area contributed by atoms with Crippen molar-refractivity contribution in [2.75, 3.05) is 0 Å². The van der Waals surface area contributed by atoms with Crippen LogP contribution in [0.25, 0.3) is 0 Å². The lowest BCUT2D eigenvalue weighted by Gasteiger charge is -2.38. The van der Waals surface area contributed by atoms with Crippen molar-refractivity contribution in [3.05, 3.63) is 41.5 Å². The molecule has 1 aromatic rings. The van der Waals surface area contributed by atoms with Crippen LogP contribution in [0.4, 0.5) is 13.2 Å². The predicted octanol–water partition coefficient (Wildman–Crippen LogP) is 10.9. The SMILES string of the molecule is FC(F)(F)Oc1ccc(C2CC=C(CCCCCCC(C3CCCCC3)C3CCCCC3)CC2)cc1. The van der Waals surface area contributed by atoms with E-state index in [2.05, 4.69) is 10.8 Å². The Balaban J connectivity index is 1.13. The lowest BCUT2D eigenvalue weighted by molar-refractivity contribution is -0.274. The molecule has 2 saturated carbocycles. The second kappa shape index (κ2) is 13.9. The smallest absolute Gasteiger partial charge is 0.406 e. The van der Waals surface area contributed by atoms with Gasteiger partial charge in [0.1, 0.15) is 5.75 Å². The van der Waals surface area contributed by atoms with Crippen molar-refractivity contribution >= 4 is 0 Å². The minimum Gasteiger partial charge on any atom is -0.406 e. The van der Waals surface area contributed by atoms with Gasteiger partial charge in [0.25, 0.3) is 0 Å². The minimum absolute atomic E-state index is 0.137. The maximum absolute atomic E-state index is 12.4. The largest absolute Gasteiger partial charge is 0.573 e. The molecule has 0 amide bonds. The van der Waals surface area contributed by atoms with Gasteiger partial charge in [-0.3, -0.25) is 0 Å². The second-order valence-corrected chi connectivity index (χ2v) is 11.9. The average Bonchev–Trinajstić information content (AvgIpc) is 2.89. The highest BCUT2D eigenvalue weighted by atomic mass is 19.4. The summed E-state index contributed by atoms with van der Waals surface area (Å²) in [4.78, 5) is 0. The van der Waals surface area contributed by atoms with Crippen LogP contribution < -0.4 is 4.74 Å². The summed E-state index contributed by atoms with van der Waals surface area (Å²) in [5, 5.41) is 0. The highest BCUT2D eigenvalue weighted by Crippen LogP contribution is 2.42. The van der Waals surface area contributed by atoms with E-state index in [1.807, 2.05) is 0 Å². The summed E-state index contributed by atoms with van der Waals surface area (Å²) in [7, 11) is 0. The zero-order valence-electron chi connectivity index (χ0n) is 22.2. The zero-order valence-corrected chi connectivity index (χ0v) is 22.2. The Morgan fingerprint density at radius 3 is 1.92 bits per heavy atom. The Kier molecular flexibility index (Phi) is 10.7. The average molecular weight is 505 g/mol. The molecule has 3 aliphatic rings. The Morgan fingerprint density at radius 2 is 1.36 bits per heavy atom. The van der Waals surface area contributed by atoms with Crippen molar-refractivity contribution in [1.82, 2.24) is 0 Å². The fourth-order valence-corrected chi connectivity index (χ4v) is 7.43. The summed E-state index contributed by atoms with van der Waals surface area (Å²) in [5.74, 6) is 3.33. The molecule has 3 aliphatic carbocycles. The maximum atomic E-state index is 12.4. The van der Waals surface area contributed by atoms with E-state index in [1.165, 1.54) is 115 Å². The highest BCUT2D eigenvalue weighted by Gasteiger charge is 2.32. The van der Waals surface area contributed by atoms with E-state index in [-0.39, 0.29) is 5.75 Å². The minimum atomic E-state index is -4.63. The first-order chi connectivity index (χ1) is 17.5. The molecule has 4 rings (SSSR count). The molecular formula is C32H47F3O. The number of allylic oxidation sites excluding steroid dienone is 2. The maximum Gasteiger partial charge on any atom is 0.573 e. The van der Waals surface area contributed by atoms with E-state index in [4.69, 9.17) is 0 Å². The van der Waals surface area contributed by atoms with E-state index in [1.54, 1.807) is 17.7 Å². The second-order valence-electron chi connectivity index (χ2n) is 11.9. The van der Waals surface area contributed by atoms with E-state index in [9.17, 15) is 13.2 Å².